The third kappa shape index (κ3) is 2.80. The summed E-state index contributed by atoms with van der Waals surface area (Å²) in [7, 11) is 0. The van der Waals surface area contributed by atoms with Crippen molar-refractivity contribution in [3.63, 3.8) is 0 Å². The summed E-state index contributed by atoms with van der Waals surface area (Å²) in [5.41, 5.74) is 0.961. The van der Waals surface area contributed by atoms with E-state index in [-0.39, 0.29) is 13.3 Å². The maximum absolute atomic E-state index is 13.2. The number of alkyl halides is 2. The minimum Gasteiger partial charge on any atom is -0.251 e. The first-order valence-corrected chi connectivity index (χ1v) is 11.1. The van der Waals surface area contributed by atoms with Crippen molar-refractivity contribution in [3.8, 4) is 0 Å². The fourth-order valence-corrected chi connectivity index (χ4v) is 8.39. The predicted octanol–water partition coefficient (Wildman–Crippen LogP) is 6.98. The van der Waals surface area contributed by atoms with Crippen LogP contribution < -0.4 is 0 Å². The van der Waals surface area contributed by atoms with Crippen molar-refractivity contribution in [1.29, 1.82) is 0 Å². The van der Waals surface area contributed by atoms with Gasteiger partial charge in [0, 0.05) is 0 Å². The lowest BCUT2D eigenvalue weighted by Crippen LogP contribution is -2.53. The van der Waals surface area contributed by atoms with E-state index in [4.69, 9.17) is 0 Å². The monoisotopic (exact) mass is 352 g/mol. The van der Waals surface area contributed by atoms with E-state index in [2.05, 4.69) is 13.8 Å². The molecule has 0 radical (unpaired) electrons. The van der Waals surface area contributed by atoms with Crippen LogP contribution in [0.2, 0.25) is 0 Å². The highest BCUT2D eigenvalue weighted by Crippen LogP contribution is 2.68. The smallest absolute Gasteiger partial charge is 0.0922 e. The lowest BCUT2D eigenvalue weighted by Gasteiger charge is -2.61. The van der Waals surface area contributed by atoms with Gasteiger partial charge in [-0.15, -0.1) is 0 Å². The Balaban J connectivity index is 1.52. The van der Waals surface area contributed by atoms with Crippen molar-refractivity contribution >= 4 is 0 Å². The molecule has 2 heteroatoms. The zero-order valence-electron chi connectivity index (χ0n) is 16.4. The molecule has 144 valence electrons. The van der Waals surface area contributed by atoms with Crippen LogP contribution in [-0.2, 0) is 0 Å². The first-order chi connectivity index (χ1) is 12.0. The third-order valence-electron chi connectivity index (χ3n) is 9.88. The van der Waals surface area contributed by atoms with Gasteiger partial charge in [-0.05, 0) is 117 Å². The Labute approximate surface area is 153 Å². The summed E-state index contributed by atoms with van der Waals surface area (Å²) in [5.74, 6) is 4.55. The maximum atomic E-state index is 13.2. The van der Waals surface area contributed by atoms with Gasteiger partial charge in [0.15, 0.2) is 0 Å². The van der Waals surface area contributed by atoms with Gasteiger partial charge in [0.25, 0.3) is 0 Å². The molecular weight excluding hydrogens is 314 g/mol. The molecule has 25 heavy (non-hydrogen) atoms. The fourth-order valence-electron chi connectivity index (χ4n) is 8.39. The first kappa shape index (κ1) is 18.2. The van der Waals surface area contributed by atoms with E-state index in [0.29, 0.717) is 16.7 Å². The fraction of sp³-hybridized carbons (Fsp3) is 1.00. The summed E-state index contributed by atoms with van der Waals surface area (Å²) in [6.45, 7) is 4.88. The molecule has 0 aromatic carbocycles. The quantitative estimate of drug-likeness (QED) is 0.512. The second-order valence-corrected chi connectivity index (χ2v) is 10.6. The Bertz CT molecular complexity index is 477. The molecule has 0 aliphatic heterocycles. The Morgan fingerprint density at radius 3 is 2.36 bits per heavy atom. The highest BCUT2D eigenvalue weighted by molar-refractivity contribution is 5.09. The van der Waals surface area contributed by atoms with Crippen LogP contribution in [0.15, 0.2) is 0 Å². The Morgan fingerprint density at radius 1 is 0.840 bits per heavy atom. The number of rotatable bonds is 4. The molecule has 0 nitrogen and oxygen atoms in total. The zero-order chi connectivity index (χ0) is 17.7. The van der Waals surface area contributed by atoms with E-state index < -0.39 is 0 Å². The normalized spacial score (nSPS) is 52.3. The molecule has 0 spiro atoms. The van der Waals surface area contributed by atoms with Crippen LogP contribution in [0.25, 0.3) is 0 Å². The summed E-state index contributed by atoms with van der Waals surface area (Å²) in [6, 6.07) is 0. The molecule has 4 rings (SSSR count). The largest absolute Gasteiger partial charge is 0.251 e. The number of hydrogen-bond donors (Lipinski definition) is 0. The van der Waals surface area contributed by atoms with Crippen LogP contribution in [0, 0.1) is 46.3 Å². The van der Waals surface area contributed by atoms with E-state index in [1.165, 1.54) is 44.9 Å². The van der Waals surface area contributed by atoms with Crippen molar-refractivity contribution < 1.29 is 8.78 Å². The van der Waals surface area contributed by atoms with Crippen LogP contribution in [-0.4, -0.2) is 13.3 Å². The first-order valence-electron chi connectivity index (χ1n) is 11.1. The molecule has 4 aliphatic rings. The van der Waals surface area contributed by atoms with Gasteiger partial charge in [-0.25, -0.2) is 0 Å². The lowest BCUT2D eigenvalue weighted by molar-refractivity contribution is -0.119. The van der Waals surface area contributed by atoms with Crippen LogP contribution in [0.3, 0.4) is 0 Å². The summed E-state index contributed by atoms with van der Waals surface area (Å²) in [5, 5.41) is 0. The third-order valence-corrected chi connectivity index (χ3v) is 9.88. The highest BCUT2D eigenvalue weighted by Gasteiger charge is 2.59. The molecule has 0 N–H and O–H groups in total. The minimum absolute atomic E-state index is 0.0996. The van der Waals surface area contributed by atoms with E-state index in [9.17, 15) is 8.78 Å². The molecule has 4 fully saturated rings. The van der Waals surface area contributed by atoms with Gasteiger partial charge in [0.1, 0.15) is 0 Å². The molecule has 8 atom stereocenters. The average molecular weight is 353 g/mol. The Kier molecular flexibility index (Phi) is 4.95. The Hall–Kier alpha value is -0.140. The lowest BCUT2D eigenvalue weighted by atomic mass is 9.44. The van der Waals surface area contributed by atoms with Crippen LogP contribution in [0.4, 0.5) is 8.78 Å². The standard InChI is InChI=1S/C23H38F2/c1-22-12-10-21-19(20(22)8-6-17(22)4-3-13-24)7-5-18-14-16(15-25)9-11-23(18,21)2/h16-21H,3-15H2,1-2H3/t16-,17?,18?,19?,20?,21?,22?,23?/m0/s1. The molecule has 0 bridgehead atoms. The molecule has 0 aromatic heterocycles. The van der Waals surface area contributed by atoms with E-state index in [0.717, 1.165) is 55.3 Å². The van der Waals surface area contributed by atoms with Crippen molar-refractivity contribution in [3.05, 3.63) is 0 Å². The van der Waals surface area contributed by atoms with Crippen LogP contribution in [0.5, 0.6) is 0 Å². The average Bonchev–Trinajstić information content (AvgIpc) is 2.95. The molecule has 0 amide bonds. The van der Waals surface area contributed by atoms with Gasteiger partial charge in [0.2, 0.25) is 0 Å². The summed E-state index contributed by atoms with van der Waals surface area (Å²) < 4.78 is 26.0. The summed E-state index contributed by atoms with van der Waals surface area (Å²) in [6.07, 6.45) is 13.6. The topological polar surface area (TPSA) is 0 Å². The van der Waals surface area contributed by atoms with Crippen LogP contribution >= 0.6 is 0 Å². The van der Waals surface area contributed by atoms with Crippen molar-refractivity contribution in [2.24, 2.45) is 46.3 Å². The highest BCUT2D eigenvalue weighted by atomic mass is 19.1. The summed E-state index contributed by atoms with van der Waals surface area (Å²) >= 11 is 0. The maximum Gasteiger partial charge on any atom is 0.0922 e. The van der Waals surface area contributed by atoms with Gasteiger partial charge in [0.05, 0.1) is 13.3 Å². The molecule has 0 heterocycles. The number of fused-ring (bicyclic) bond motifs is 5. The van der Waals surface area contributed by atoms with Gasteiger partial charge < -0.3 is 0 Å². The van der Waals surface area contributed by atoms with E-state index >= 15 is 0 Å². The second kappa shape index (κ2) is 6.79. The van der Waals surface area contributed by atoms with Gasteiger partial charge in [-0.3, -0.25) is 8.78 Å². The summed E-state index contributed by atoms with van der Waals surface area (Å²) in [4.78, 5) is 0. The molecule has 0 saturated heterocycles. The van der Waals surface area contributed by atoms with Gasteiger partial charge in [-0.2, -0.15) is 0 Å². The number of hydrogen-bond acceptors (Lipinski definition) is 0. The molecule has 7 unspecified atom stereocenters. The predicted molar refractivity (Wildman–Crippen MR) is 99.9 cm³/mol. The molecular formula is C23H38F2. The van der Waals surface area contributed by atoms with Crippen molar-refractivity contribution in [2.75, 3.05) is 13.3 Å². The Morgan fingerprint density at radius 2 is 1.60 bits per heavy atom. The molecule has 4 aliphatic carbocycles. The second-order valence-electron chi connectivity index (χ2n) is 10.6. The number of halogens is 2. The van der Waals surface area contributed by atoms with Gasteiger partial charge >= 0.3 is 0 Å². The van der Waals surface area contributed by atoms with Crippen molar-refractivity contribution in [2.45, 2.75) is 84.5 Å². The molecule has 0 aromatic rings. The van der Waals surface area contributed by atoms with E-state index in [1.54, 1.807) is 0 Å². The zero-order valence-corrected chi connectivity index (χ0v) is 16.4. The minimum atomic E-state index is -0.140. The van der Waals surface area contributed by atoms with E-state index in [1.807, 2.05) is 0 Å². The van der Waals surface area contributed by atoms with Crippen molar-refractivity contribution in [1.82, 2.24) is 0 Å². The molecule has 4 saturated carbocycles. The SMILES string of the molecule is CC12CCC3C(CCC4C[C@@H](CF)CCC43C)C1CCC2CCCF. The van der Waals surface area contributed by atoms with Crippen LogP contribution in [0.1, 0.15) is 84.5 Å². The van der Waals surface area contributed by atoms with Gasteiger partial charge in [-0.1, -0.05) is 13.8 Å².